The Balaban J connectivity index is 1.65. The average Bonchev–Trinajstić information content (AvgIpc) is 2.60. The van der Waals surface area contributed by atoms with Gasteiger partial charge in [0.1, 0.15) is 11.5 Å². The lowest BCUT2D eigenvalue weighted by molar-refractivity contribution is 0.0873. The predicted molar refractivity (Wildman–Crippen MR) is 114 cm³/mol. The van der Waals surface area contributed by atoms with E-state index in [1.54, 1.807) is 0 Å². The first-order chi connectivity index (χ1) is 13.2. The van der Waals surface area contributed by atoms with Crippen molar-refractivity contribution in [3.05, 3.63) is 59.7 Å². The van der Waals surface area contributed by atoms with E-state index in [0.29, 0.717) is 5.56 Å². The largest absolute Gasteiger partial charge is 0.457 e. The lowest BCUT2D eigenvalue weighted by Gasteiger charge is -2.46. The van der Waals surface area contributed by atoms with Crippen LogP contribution in [-0.4, -0.2) is 23.0 Å². The minimum atomic E-state index is -0.0287. The molecular weight excluding hydrogens is 348 g/mol. The van der Waals surface area contributed by atoms with E-state index in [2.05, 4.69) is 51.3 Å². The minimum Gasteiger partial charge on any atom is -0.457 e. The van der Waals surface area contributed by atoms with Gasteiger partial charge in [0.05, 0.1) is 0 Å². The van der Waals surface area contributed by atoms with Crippen LogP contribution in [0.5, 0.6) is 11.5 Å². The molecule has 0 saturated carbocycles. The fraction of sp³-hybridized carbons (Fsp3) is 0.458. The lowest BCUT2D eigenvalue weighted by atomic mass is 9.79. The number of nitrogens with one attached hydrogen (secondary N) is 2. The maximum absolute atomic E-state index is 12.7. The number of amides is 1. The van der Waals surface area contributed by atoms with Crippen molar-refractivity contribution in [1.82, 2.24) is 10.6 Å². The van der Waals surface area contributed by atoms with E-state index >= 15 is 0 Å². The standard InChI is InChI=1S/C24H32N2O2/c1-6-17-9-7-8-10-21(17)28-20-13-11-18(12-14-20)22(27)25-19-15-23(2,3)26-24(4,5)16-19/h7-14,19,26H,6,15-16H2,1-5H3,(H,25,27). The predicted octanol–water partition coefficient (Wildman–Crippen LogP) is 5.08. The first-order valence-corrected chi connectivity index (χ1v) is 10.1. The quantitative estimate of drug-likeness (QED) is 0.760. The Hall–Kier alpha value is -2.33. The summed E-state index contributed by atoms with van der Waals surface area (Å²) in [6, 6.07) is 15.6. The molecule has 3 rings (SSSR count). The van der Waals surface area contributed by atoms with Crippen molar-refractivity contribution in [1.29, 1.82) is 0 Å². The number of rotatable bonds is 5. The number of carbonyl (C=O) groups is 1. The van der Waals surface area contributed by atoms with E-state index in [0.717, 1.165) is 30.8 Å². The van der Waals surface area contributed by atoms with E-state index < -0.39 is 0 Å². The summed E-state index contributed by atoms with van der Waals surface area (Å²) in [5.74, 6) is 1.57. The van der Waals surface area contributed by atoms with E-state index in [4.69, 9.17) is 4.74 Å². The van der Waals surface area contributed by atoms with Crippen molar-refractivity contribution >= 4 is 5.91 Å². The van der Waals surface area contributed by atoms with Gasteiger partial charge in [0.25, 0.3) is 5.91 Å². The average molecular weight is 381 g/mol. The van der Waals surface area contributed by atoms with Gasteiger partial charge in [0, 0.05) is 22.7 Å². The maximum atomic E-state index is 12.7. The second-order valence-corrected chi connectivity index (χ2v) is 9.06. The molecule has 1 aliphatic heterocycles. The summed E-state index contributed by atoms with van der Waals surface area (Å²) in [7, 11) is 0. The number of aryl methyl sites for hydroxylation is 1. The third kappa shape index (κ3) is 5.14. The first-order valence-electron chi connectivity index (χ1n) is 10.1. The zero-order chi connectivity index (χ0) is 20.4. The highest BCUT2D eigenvalue weighted by atomic mass is 16.5. The SMILES string of the molecule is CCc1ccccc1Oc1ccc(C(=O)NC2CC(C)(C)NC(C)(C)C2)cc1. The highest BCUT2D eigenvalue weighted by Gasteiger charge is 2.38. The molecule has 0 bridgehead atoms. The zero-order valence-electron chi connectivity index (χ0n) is 17.6. The Morgan fingerprint density at radius 3 is 2.25 bits per heavy atom. The molecule has 150 valence electrons. The Kier molecular flexibility index (Phi) is 5.80. The number of carbonyl (C=O) groups excluding carboxylic acids is 1. The van der Waals surface area contributed by atoms with Gasteiger partial charge in [-0.05, 0) is 82.9 Å². The molecule has 0 spiro atoms. The first kappa shape index (κ1) is 20.4. The Morgan fingerprint density at radius 2 is 1.64 bits per heavy atom. The molecule has 0 atom stereocenters. The molecular formula is C24H32N2O2. The molecule has 0 radical (unpaired) electrons. The number of piperidine rings is 1. The van der Waals surface area contributed by atoms with Crippen LogP contribution < -0.4 is 15.4 Å². The van der Waals surface area contributed by atoms with Crippen LogP contribution >= 0.6 is 0 Å². The van der Waals surface area contributed by atoms with E-state index in [1.165, 1.54) is 5.56 Å². The van der Waals surface area contributed by atoms with Crippen LogP contribution in [0.4, 0.5) is 0 Å². The van der Waals surface area contributed by atoms with Gasteiger partial charge in [0.2, 0.25) is 0 Å². The van der Waals surface area contributed by atoms with Crippen LogP contribution in [0.25, 0.3) is 0 Å². The molecule has 0 unspecified atom stereocenters. The van der Waals surface area contributed by atoms with Gasteiger partial charge in [-0.2, -0.15) is 0 Å². The topological polar surface area (TPSA) is 50.4 Å². The highest BCUT2D eigenvalue weighted by molar-refractivity contribution is 5.94. The molecule has 0 aromatic heterocycles. The molecule has 1 saturated heterocycles. The van der Waals surface area contributed by atoms with Crippen molar-refractivity contribution in [2.45, 2.75) is 71.0 Å². The monoisotopic (exact) mass is 380 g/mol. The second-order valence-electron chi connectivity index (χ2n) is 9.06. The van der Waals surface area contributed by atoms with Gasteiger partial charge in [-0.25, -0.2) is 0 Å². The van der Waals surface area contributed by atoms with E-state index in [1.807, 2.05) is 42.5 Å². The van der Waals surface area contributed by atoms with Crippen LogP contribution in [0, 0.1) is 0 Å². The van der Waals surface area contributed by atoms with Crippen LogP contribution in [-0.2, 0) is 6.42 Å². The summed E-state index contributed by atoms with van der Waals surface area (Å²) in [5.41, 5.74) is 1.83. The summed E-state index contributed by atoms with van der Waals surface area (Å²) in [5, 5.41) is 6.86. The van der Waals surface area contributed by atoms with Crippen molar-refractivity contribution in [2.24, 2.45) is 0 Å². The van der Waals surface area contributed by atoms with Crippen LogP contribution in [0.2, 0.25) is 0 Å². The molecule has 1 fully saturated rings. The fourth-order valence-corrected chi connectivity index (χ4v) is 4.39. The highest BCUT2D eigenvalue weighted by Crippen LogP contribution is 2.29. The summed E-state index contributed by atoms with van der Waals surface area (Å²) in [4.78, 5) is 12.7. The summed E-state index contributed by atoms with van der Waals surface area (Å²) in [6.45, 7) is 10.9. The van der Waals surface area contributed by atoms with Crippen LogP contribution in [0.1, 0.15) is 63.4 Å². The van der Waals surface area contributed by atoms with E-state index in [9.17, 15) is 4.79 Å². The minimum absolute atomic E-state index is 0.00403. The van der Waals surface area contributed by atoms with E-state index in [-0.39, 0.29) is 23.0 Å². The Morgan fingerprint density at radius 1 is 1.04 bits per heavy atom. The molecule has 2 aromatic carbocycles. The molecule has 4 heteroatoms. The van der Waals surface area contributed by atoms with Crippen molar-refractivity contribution in [3.63, 3.8) is 0 Å². The number of hydrogen-bond donors (Lipinski definition) is 2. The summed E-state index contributed by atoms with van der Waals surface area (Å²) in [6.07, 6.45) is 2.74. The molecule has 2 aromatic rings. The van der Waals surface area contributed by atoms with Gasteiger partial charge in [0.15, 0.2) is 0 Å². The summed E-state index contributed by atoms with van der Waals surface area (Å²) >= 11 is 0. The van der Waals surface area contributed by atoms with Crippen LogP contribution in [0.3, 0.4) is 0 Å². The van der Waals surface area contributed by atoms with Gasteiger partial charge in [-0.3, -0.25) is 4.79 Å². The van der Waals surface area contributed by atoms with Gasteiger partial charge in [-0.15, -0.1) is 0 Å². The number of ether oxygens (including phenoxy) is 1. The summed E-state index contributed by atoms with van der Waals surface area (Å²) < 4.78 is 6.00. The maximum Gasteiger partial charge on any atom is 0.251 e. The van der Waals surface area contributed by atoms with Crippen LogP contribution in [0.15, 0.2) is 48.5 Å². The lowest BCUT2D eigenvalue weighted by Crippen LogP contribution is -2.62. The molecule has 1 heterocycles. The van der Waals surface area contributed by atoms with Gasteiger partial charge in [-0.1, -0.05) is 25.1 Å². The van der Waals surface area contributed by atoms with Crippen molar-refractivity contribution in [3.8, 4) is 11.5 Å². The molecule has 4 nitrogen and oxygen atoms in total. The third-order valence-corrected chi connectivity index (χ3v) is 5.22. The molecule has 28 heavy (non-hydrogen) atoms. The second kappa shape index (κ2) is 7.96. The Bertz CT molecular complexity index is 809. The normalized spacial score (nSPS) is 18.5. The fourth-order valence-electron chi connectivity index (χ4n) is 4.39. The molecule has 0 aliphatic carbocycles. The molecule has 1 amide bonds. The smallest absolute Gasteiger partial charge is 0.251 e. The van der Waals surface area contributed by atoms with Gasteiger partial charge < -0.3 is 15.4 Å². The number of benzene rings is 2. The number of hydrogen-bond acceptors (Lipinski definition) is 3. The van der Waals surface area contributed by atoms with Gasteiger partial charge >= 0.3 is 0 Å². The third-order valence-electron chi connectivity index (χ3n) is 5.22. The van der Waals surface area contributed by atoms with Crippen molar-refractivity contribution < 1.29 is 9.53 Å². The van der Waals surface area contributed by atoms with Crippen molar-refractivity contribution in [2.75, 3.05) is 0 Å². The molecule has 2 N–H and O–H groups in total. The number of para-hydroxylation sites is 1. The Labute approximate surface area is 168 Å². The zero-order valence-corrected chi connectivity index (χ0v) is 17.6. The molecule has 1 aliphatic rings.